The molecule has 0 radical (unpaired) electrons. The normalized spacial score (nSPS) is 13.4. The van der Waals surface area contributed by atoms with E-state index in [9.17, 15) is 0 Å². The van der Waals surface area contributed by atoms with E-state index >= 15 is 0 Å². The van der Waals surface area contributed by atoms with Crippen LogP contribution in [0.15, 0.2) is 18.2 Å². The van der Waals surface area contributed by atoms with E-state index in [0.717, 1.165) is 9.39 Å². The first-order valence-electron chi connectivity index (χ1n) is 3.99. The van der Waals surface area contributed by atoms with Crippen LogP contribution in [0.3, 0.4) is 0 Å². The van der Waals surface area contributed by atoms with Crippen molar-refractivity contribution >= 4 is 22.6 Å². The monoisotopic (exact) mass is 276 g/mol. The highest BCUT2D eigenvalue weighted by atomic mass is 127. The van der Waals surface area contributed by atoms with Crippen LogP contribution in [0.25, 0.3) is 0 Å². The summed E-state index contributed by atoms with van der Waals surface area (Å²) in [6, 6.07) is 6.00. The largest absolute Gasteiger partial charge is 0.322 e. The molecule has 0 aromatic carbocycles. The second-order valence-corrected chi connectivity index (χ2v) is 4.26. The Morgan fingerprint density at radius 1 is 1.42 bits per heavy atom. The molecular formula is C9H13IN2. The highest BCUT2D eigenvalue weighted by Crippen LogP contribution is 2.16. The van der Waals surface area contributed by atoms with Crippen LogP contribution in [-0.4, -0.2) is 4.98 Å². The Labute approximate surface area is 86.7 Å². The highest BCUT2D eigenvalue weighted by molar-refractivity contribution is 14.1. The van der Waals surface area contributed by atoms with Crippen molar-refractivity contribution in [1.82, 2.24) is 4.98 Å². The predicted molar refractivity (Wildman–Crippen MR) is 58.7 cm³/mol. The van der Waals surface area contributed by atoms with E-state index in [2.05, 4.69) is 41.4 Å². The summed E-state index contributed by atoms with van der Waals surface area (Å²) >= 11 is 2.20. The molecule has 2 nitrogen and oxygen atoms in total. The average Bonchev–Trinajstić information content (AvgIpc) is 2.03. The predicted octanol–water partition coefficient (Wildman–Crippen LogP) is 2.34. The van der Waals surface area contributed by atoms with Gasteiger partial charge < -0.3 is 5.73 Å². The zero-order chi connectivity index (χ0) is 9.14. The molecule has 12 heavy (non-hydrogen) atoms. The van der Waals surface area contributed by atoms with Gasteiger partial charge in [-0.1, -0.05) is 19.9 Å². The minimum absolute atomic E-state index is 0.0553. The Hall–Kier alpha value is -0.160. The molecule has 0 fully saturated rings. The number of hydrogen-bond donors (Lipinski definition) is 1. The van der Waals surface area contributed by atoms with Gasteiger partial charge in [-0.3, -0.25) is 0 Å². The molecule has 0 bridgehead atoms. The maximum absolute atomic E-state index is 5.94. The van der Waals surface area contributed by atoms with Crippen LogP contribution < -0.4 is 5.73 Å². The number of pyridine rings is 1. The lowest BCUT2D eigenvalue weighted by atomic mass is 10.0. The lowest BCUT2D eigenvalue weighted by molar-refractivity contribution is 0.502. The van der Waals surface area contributed by atoms with Gasteiger partial charge in [0, 0.05) is 6.04 Å². The maximum Gasteiger partial charge on any atom is 0.101 e. The summed E-state index contributed by atoms with van der Waals surface area (Å²) in [6.07, 6.45) is 0. The second kappa shape index (κ2) is 4.18. The minimum atomic E-state index is 0.0553. The third-order valence-electron chi connectivity index (χ3n) is 1.80. The van der Waals surface area contributed by atoms with Crippen LogP contribution >= 0.6 is 22.6 Å². The number of nitrogens with zero attached hydrogens (tertiary/aromatic N) is 1. The van der Waals surface area contributed by atoms with Crippen LogP contribution in [0, 0.1) is 9.62 Å². The second-order valence-electron chi connectivity index (χ2n) is 3.15. The molecule has 0 saturated carbocycles. The molecule has 0 aliphatic rings. The topological polar surface area (TPSA) is 38.9 Å². The Morgan fingerprint density at radius 2 is 2.08 bits per heavy atom. The zero-order valence-electron chi connectivity index (χ0n) is 7.29. The molecule has 1 heterocycles. The summed E-state index contributed by atoms with van der Waals surface area (Å²) in [5.74, 6) is 0.440. The van der Waals surface area contributed by atoms with Crippen molar-refractivity contribution in [3.05, 3.63) is 27.6 Å². The van der Waals surface area contributed by atoms with E-state index in [1.807, 2.05) is 18.2 Å². The lowest BCUT2D eigenvalue weighted by Crippen LogP contribution is -2.18. The van der Waals surface area contributed by atoms with E-state index in [1.54, 1.807) is 0 Å². The molecule has 0 aliphatic carbocycles. The molecule has 1 aromatic rings. The molecule has 0 saturated heterocycles. The SMILES string of the molecule is CC(C)C(N)c1cccc(I)n1. The number of rotatable bonds is 2. The molecule has 1 aromatic heterocycles. The third kappa shape index (κ3) is 2.42. The molecule has 1 unspecified atom stereocenters. The fraction of sp³-hybridized carbons (Fsp3) is 0.444. The van der Waals surface area contributed by atoms with Crippen LogP contribution in [0.2, 0.25) is 0 Å². The fourth-order valence-corrected chi connectivity index (χ4v) is 1.44. The quantitative estimate of drug-likeness (QED) is 0.665. The number of hydrogen-bond acceptors (Lipinski definition) is 2. The van der Waals surface area contributed by atoms with Gasteiger partial charge in [0.15, 0.2) is 0 Å². The first kappa shape index (κ1) is 9.92. The number of halogens is 1. The van der Waals surface area contributed by atoms with Gasteiger partial charge in [-0.15, -0.1) is 0 Å². The van der Waals surface area contributed by atoms with Crippen LogP contribution in [-0.2, 0) is 0 Å². The molecule has 1 rings (SSSR count). The molecule has 3 heteroatoms. The van der Waals surface area contributed by atoms with Crippen molar-refractivity contribution in [2.45, 2.75) is 19.9 Å². The van der Waals surface area contributed by atoms with Crippen molar-refractivity contribution in [2.75, 3.05) is 0 Å². The Morgan fingerprint density at radius 3 is 2.58 bits per heavy atom. The van der Waals surface area contributed by atoms with E-state index in [1.165, 1.54) is 0 Å². The first-order valence-corrected chi connectivity index (χ1v) is 5.07. The van der Waals surface area contributed by atoms with Gasteiger partial charge in [-0.05, 0) is 40.6 Å². The maximum atomic E-state index is 5.94. The lowest BCUT2D eigenvalue weighted by Gasteiger charge is -2.14. The molecule has 0 amide bonds. The van der Waals surface area contributed by atoms with E-state index in [4.69, 9.17) is 5.73 Å². The van der Waals surface area contributed by atoms with Crippen LogP contribution in [0.4, 0.5) is 0 Å². The van der Waals surface area contributed by atoms with Gasteiger partial charge in [0.25, 0.3) is 0 Å². The van der Waals surface area contributed by atoms with Crippen molar-refractivity contribution in [3.8, 4) is 0 Å². The van der Waals surface area contributed by atoms with E-state index in [-0.39, 0.29) is 6.04 Å². The molecule has 0 spiro atoms. The molecule has 66 valence electrons. The van der Waals surface area contributed by atoms with Crippen LogP contribution in [0.5, 0.6) is 0 Å². The summed E-state index contributed by atoms with van der Waals surface area (Å²) in [5.41, 5.74) is 6.92. The summed E-state index contributed by atoms with van der Waals surface area (Å²) in [7, 11) is 0. The third-order valence-corrected chi connectivity index (χ3v) is 2.40. The zero-order valence-corrected chi connectivity index (χ0v) is 9.45. The van der Waals surface area contributed by atoms with Crippen molar-refractivity contribution in [2.24, 2.45) is 11.7 Å². The standard InChI is InChI=1S/C9H13IN2/c1-6(2)9(11)7-4-3-5-8(10)12-7/h3-6,9H,11H2,1-2H3. The number of aromatic nitrogens is 1. The molecule has 1 atom stereocenters. The summed E-state index contributed by atoms with van der Waals surface area (Å²) in [4.78, 5) is 4.36. The molecule has 0 aliphatic heterocycles. The highest BCUT2D eigenvalue weighted by Gasteiger charge is 2.11. The Kier molecular flexibility index (Phi) is 3.46. The number of nitrogens with two attached hydrogens (primary N) is 1. The minimum Gasteiger partial charge on any atom is -0.322 e. The molecule has 2 N–H and O–H groups in total. The smallest absolute Gasteiger partial charge is 0.101 e. The Bertz CT molecular complexity index is 260. The van der Waals surface area contributed by atoms with Crippen LogP contribution in [0.1, 0.15) is 25.6 Å². The van der Waals surface area contributed by atoms with Crippen molar-refractivity contribution in [3.63, 3.8) is 0 Å². The average molecular weight is 276 g/mol. The van der Waals surface area contributed by atoms with Crippen molar-refractivity contribution < 1.29 is 0 Å². The van der Waals surface area contributed by atoms with Gasteiger partial charge in [0.05, 0.1) is 5.69 Å². The fourth-order valence-electron chi connectivity index (χ4n) is 0.951. The van der Waals surface area contributed by atoms with E-state index in [0.29, 0.717) is 5.92 Å². The summed E-state index contributed by atoms with van der Waals surface area (Å²) in [6.45, 7) is 4.21. The van der Waals surface area contributed by atoms with Gasteiger partial charge >= 0.3 is 0 Å². The Balaban J connectivity index is 2.88. The van der Waals surface area contributed by atoms with Gasteiger partial charge in [0.1, 0.15) is 3.70 Å². The van der Waals surface area contributed by atoms with Gasteiger partial charge in [0.2, 0.25) is 0 Å². The summed E-state index contributed by atoms with van der Waals surface area (Å²) in [5, 5.41) is 0. The summed E-state index contributed by atoms with van der Waals surface area (Å²) < 4.78 is 1.00. The molecular weight excluding hydrogens is 263 g/mol. The van der Waals surface area contributed by atoms with E-state index < -0.39 is 0 Å². The van der Waals surface area contributed by atoms with Gasteiger partial charge in [-0.2, -0.15) is 0 Å². The first-order chi connectivity index (χ1) is 5.61. The van der Waals surface area contributed by atoms with Crippen molar-refractivity contribution in [1.29, 1.82) is 0 Å². The van der Waals surface area contributed by atoms with Gasteiger partial charge in [-0.25, -0.2) is 4.98 Å².